The molecule has 7 nitrogen and oxygen atoms in total. The lowest BCUT2D eigenvalue weighted by Gasteiger charge is -2.35. The van der Waals surface area contributed by atoms with Gasteiger partial charge in [0, 0.05) is 56.6 Å². The van der Waals surface area contributed by atoms with Crippen molar-refractivity contribution in [3.8, 4) is 0 Å². The Morgan fingerprint density at radius 3 is 2.58 bits per heavy atom. The van der Waals surface area contributed by atoms with Gasteiger partial charge in [0.1, 0.15) is 0 Å². The normalized spacial score (nSPS) is 15.9. The molecule has 0 bridgehead atoms. The molecule has 3 rings (SSSR count). The molecule has 26 heavy (non-hydrogen) atoms. The highest BCUT2D eigenvalue weighted by Gasteiger charge is 2.36. The van der Waals surface area contributed by atoms with Gasteiger partial charge in [-0.1, -0.05) is 0 Å². The van der Waals surface area contributed by atoms with Crippen molar-refractivity contribution in [2.24, 2.45) is 17.8 Å². The first-order valence-electron chi connectivity index (χ1n) is 7.63. The van der Waals surface area contributed by atoms with E-state index in [-0.39, 0.29) is 42.0 Å². The van der Waals surface area contributed by atoms with Crippen LogP contribution in [0.3, 0.4) is 0 Å². The maximum absolute atomic E-state index is 12.9. The average molecular weight is 501 g/mol. The molecule has 1 aliphatic rings. The summed E-state index contributed by atoms with van der Waals surface area (Å²) in [5.74, 6) is 0.246. The monoisotopic (exact) mass is 501 g/mol. The lowest BCUT2D eigenvalue weighted by molar-refractivity contribution is -0.142. The summed E-state index contributed by atoms with van der Waals surface area (Å²) in [6.45, 7) is 2.62. The van der Waals surface area contributed by atoms with Crippen LogP contribution in [0.4, 0.5) is 18.3 Å². The van der Waals surface area contributed by atoms with Gasteiger partial charge in [-0.05, 0) is 0 Å². The Bertz CT molecular complexity index is 736. The van der Waals surface area contributed by atoms with Gasteiger partial charge in [-0.15, -0.1) is 35.3 Å². The van der Waals surface area contributed by atoms with E-state index in [0.717, 1.165) is 22.9 Å². The third-order valence-corrected chi connectivity index (χ3v) is 4.71. The van der Waals surface area contributed by atoms with Crippen LogP contribution in [-0.2, 0) is 19.8 Å². The first-order valence-corrected chi connectivity index (χ1v) is 8.51. The number of thiazole rings is 1. The number of aromatic nitrogens is 3. The van der Waals surface area contributed by atoms with Crippen LogP contribution in [-0.4, -0.2) is 51.8 Å². The number of aryl methyl sites for hydroxylation is 1. The summed E-state index contributed by atoms with van der Waals surface area (Å²) in [6.07, 6.45) is -1.42. The lowest BCUT2D eigenvalue weighted by atomic mass is 10.2. The summed E-state index contributed by atoms with van der Waals surface area (Å²) in [5.41, 5.74) is 5.06. The Balaban J connectivity index is 0.00000243. The van der Waals surface area contributed by atoms with Crippen LogP contribution in [0.15, 0.2) is 22.8 Å². The van der Waals surface area contributed by atoms with Crippen LogP contribution in [0.2, 0.25) is 0 Å². The number of halogens is 4. The largest absolute Gasteiger partial charge is 0.435 e. The third-order valence-electron chi connectivity index (χ3n) is 3.88. The molecule has 0 radical (unpaired) electrons. The number of anilines is 1. The van der Waals surface area contributed by atoms with Crippen LogP contribution < -0.4 is 10.6 Å². The van der Waals surface area contributed by atoms with Crippen LogP contribution in [0.5, 0.6) is 0 Å². The smallest absolute Gasteiger partial charge is 0.370 e. The fraction of sp³-hybridized carbons (Fsp3) is 0.500. The quantitative estimate of drug-likeness (QED) is 0.397. The van der Waals surface area contributed by atoms with E-state index in [1.165, 1.54) is 13.2 Å². The van der Waals surface area contributed by atoms with Gasteiger partial charge < -0.3 is 15.5 Å². The molecule has 0 aliphatic carbocycles. The molecule has 0 spiro atoms. The minimum Gasteiger partial charge on any atom is -0.370 e. The Labute approximate surface area is 169 Å². The molecule has 12 heteroatoms. The summed E-state index contributed by atoms with van der Waals surface area (Å²) in [6, 6.07) is 0. The highest BCUT2D eigenvalue weighted by Crippen LogP contribution is 2.30. The predicted molar refractivity (Wildman–Crippen MR) is 105 cm³/mol. The number of aliphatic imine (C=N–C) groups is 1. The van der Waals surface area contributed by atoms with Crippen molar-refractivity contribution in [3.05, 3.63) is 29.0 Å². The van der Waals surface area contributed by atoms with E-state index in [9.17, 15) is 13.2 Å². The van der Waals surface area contributed by atoms with Gasteiger partial charge in [0.25, 0.3) is 0 Å². The van der Waals surface area contributed by atoms with E-state index < -0.39 is 11.9 Å². The van der Waals surface area contributed by atoms with E-state index in [2.05, 4.69) is 20.0 Å². The van der Waals surface area contributed by atoms with Crippen molar-refractivity contribution in [1.82, 2.24) is 19.7 Å². The minimum absolute atomic E-state index is 0. The zero-order chi connectivity index (χ0) is 18.0. The van der Waals surface area contributed by atoms with Gasteiger partial charge in [-0.3, -0.25) is 4.68 Å². The Morgan fingerprint density at radius 1 is 1.31 bits per heavy atom. The van der Waals surface area contributed by atoms with E-state index in [1.807, 2.05) is 10.3 Å². The molecule has 0 atom stereocenters. The molecule has 3 heterocycles. The number of nitrogens with zero attached hydrogens (tertiary/aromatic N) is 6. The summed E-state index contributed by atoms with van der Waals surface area (Å²) < 4.78 is 40.0. The highest BCUT2D eigenvalue weighted by atomic mass is 127. The first-order chi connectivity index (χ1) is 11.8. The molecule has 1 saturated heterocycles. The standard InChI is InChI=1S/C14H18F3N7S.HI/c1-22-9-10(11(21-22)14(15,16)17)8-20-12(18)23-3-5-24(6-4-23)13-19-2-7-25-13;/h2,7,9H,3-6,8H2,1H3,(H2,18,20);1H. The molecule has 0 amide bonds. The van der Waals surface area contributed by atoms with Gasteiger partial charge in [0.15, 0.2) is 16.8 Å². The topological polar surface area (TPSA) is 75.6 Å². The van der Waals surface area contributed by atoms with Crippen molar-refractivity contribution in [1.29, 1.82) is 0 Å². The van der Waals surface area contributed by atoms with E-state index >= 15 is 0 Å². The second-order valence-electron chi connectivity index (χ2n) is 5.64. The van der Waals surface area contributed by atoms with E-state index in [4.69, 9.17) is 5.73 Å². The molecule has 0 unspecified atom stereocenters. The fourth-order valence-electron chi connectivity index (χ4n) is 2.66. The molecule has 2 aromatic rings. The maximum Gasteiger partial charge on any atom is 0.435 e. The van der Waals surface area contributed by atoms with Crippen molar-refractivity contribution >= 4 is 46.4 Å². The molecule has 0 aromatic carbocycles. The molecule has 1 fully saturated rings. The van der Waals surface area contributed by atoms with E-state index in [0.29, 0.717) is 13.1 Å². The second-order valence-corrected chi connectivity index (χ2v) is 6.51. The number of hydrogen-bond donors (Lipinski definition) is 1. The molecular weight excluding hydrogens is 482 g/mol. The summed E-state index contributed by atoms with van der Waals surface area (Å²) in [7, 11) is 1.45. The van der Waals surface area contributed by atoms with Gasteiger partial charge in [-0.25, -0.2) is 9.98 Å². The summed E-state index contributed by atoms with van der Waals surface area (Å²) in [5, 5.41) is 6.35. The molecule has 2 aromatic heterocycles. The summed E-state index contributed by atoms with van der Waals surface area (Å²) in [4.78, 5) is 12.4. The van der Waals surface area contributed by atoms with Gasteiger partial charge in [-0.2, -0.15) is 18.3 Å². The Hall–Kier alpha value is -1.57. The van der Waals surface area contributed by atoms with Crippen molar-refractivity contribution < 1.29 is 13.2 Å². The Morgan fingerprint density at radius 2 is 2.00 bits per heavy atom. The number of guanidine groups is 1. The number of alkyl halides is 3. The van der Waals surface area contributed by atoms with Crippen molar-refractivity contribution in [2.75, 3.05) is 31.1 Å². The average Bonchev–Trinajstić information content (AvgIpc) is 3.22. The van der Waals surface area contributed by atoms with Gasteiger partial charge in [0.05, 0.1) is 6.54 Å². The molecule has 0 saturated carbocycles. The molecule has 1 aliphatic heterocycles. The lowest BCUT2D eigenvalue weighted by Crippen LogP contribution is -2.51. The zero-order valence-corrected chi connectivity index (χ0v) is 17.1. The number of nitrogens with two attached hydrogens (primary N) is 1. The number of rotatable bonds is 3. The van der Waals surface area contributed by atoms with Gasteiger partial charge >= 0.3 is 6.18 Å². The Kier molecular flexibility index (Phi) is 6.71. The minimum atomic E-state index is -4.50. The van der Waals surface area contributed by atoms with Crippen LogP contribution in [0, 0.1) is 0 Å². The zero-order valence-electron chi connectivity index (χ0n) is 14.0. The van der Waals surface area contributed by atoms with Crippen molar-refractivity contribution in [2.45, 2.75) is 12.7 Å². The maximum atomic E-state index is 12.9. The van der Waals surface area contributed by atoms with Crippen LogP contribution in [0.1, 0.15) is 11.3 Å². The fourth-order valence-corrected chi connectivity index (χ4v) is 3.35. The molecule has 2 N–H and O–H groups in total. The second kappa shape index (κ2) is 8.41. The van der Waals surface area contributed by atoms with E-state index in [1.54, 1.807) is 17.5 Å². The molecule has 144 valence electrons. The van der Waals surface area contributed by atoms with Crippen LogP contribution >= 0.6 is 35.3 Å². The van der Waals surface area contributed by atoms with Crippen LogP contribution in [0.25, 0.3) is 0 Å². The third kappa shape index (κ3) is 4.78. The highest BCUT2D eigenvalue weighted by molar-refractivity contribution is 14.0. The van der Waals surface area contributed by atoms with Gasteiger partial charge in [0.2, 0.25) is 0 Å². The molecular formula is C14H19F3IN7S. The van der Waals surface area contributed by atoms with Crippen molar-refractivity contribution in [3.63, 3.8) is 0 Å². The number of piperazine rings is 1. The number of hydrogen-bond acceptors (Lipinski definition) is 5. The SMILES string of the molecule is Cn1cc(CN=C(N)N2CCN(c3nccs3)CC2)c(C(F)(F)F)n1.I. The predicted octanol–water partition coefficient (Wildman–Crippen LogP) is 2.15. The summed E-state index contributed by atoms with van der Waals surface area (Å²) >= 11 is 1.57. The first kappa shape index (κ1) is 20.7.